The molecule has 0 bridgehead atoms. The van der Waals surface area contributed by atoms with Crippen molar-refractivity contribution < 1.29 is 0 Å². The molecule has 1 aromatic rings. The summed E-state index contributed by atoms with van der Waals surface area (Å²) in [5.74, 6) is 0. The second-order valence-corrected chi connectivity index (χ2v) is 5.80. The lowest BCUT2D eigenvalue weighted by Gasteiger charge is -2.39. The lowest BCUT2D eigenvalue weighted by Crippen LogP contribution is -2.52. The second-order valence-electron chi connectivity index (χ2n) is 5.02. The largest absolute Gasteiger partial charge is 0.316 e. The highest BCUT2D eigenvalue weighted by Gasteiger charge is 2.31. The van der Waals surface area contributed by atoms with Crippen LogP contribution in [0.4, 0.5) is 0 Å². The van der Waals surface area contributed by atoms with Gasteiger partial charge in [0.1, 0.15) is 0 Å². The van der Waals surface area contributed by atoms with E-state index in [0.29, 0.717) is 11.5 Å². The number of hydrogen-bond donors (Lipinski definition) is 2. The molecule has 0 spiro atoms. The average Bonchev–Trinajstić information content (AvgIpc) is 2.68. The fraction of sp³-hybridized carbons (Fsp3) is 0.667. The Morgan fingerprint density at radius 2 is 2.47 bits per heavy atom. The quantitative estimate of drug-likeness (QED) is 0.822. The van der Waals surface area contributed by atoms with E-state index in [-0.39, 0.29) is 0 Å². The molecule has 0 amide bonds. The lowest BCUT2D eigenvalue weighted by atomic mass is 9.80. The molecule has 1 saturated heterocycles. The summed E-state index contributed by atoms with van der Waals surface area (Å²) in [7, 11) is 0. The Labute approximate surface area is 96.1 Å². The number of thiophene rings is 1. The Bertz CT molecular complexity index is 293. The fourth-order valence-electron chi connectivity index (χ4n) is 2.18. The van der Waals surface area contributed by atoms with E-state index >= 15 is 0 Å². The lowest BCUT2D eigenvalue weighted by molar-refractivity contribution is 0.184. The van der Waals surface area contributed by atoms with Gasteiger partial charge in [0.25, 0.3) is 0 Å². The number of nitrogens with one attached hydrogen (secondary N) is 2. The van der Waals surface area contributed by atoms with Gasteiger partial charge in [0, 0.05) is 19.1 Å². The first-order valence-corrected chi connectivity index (χ1v) is 6.58. The van der Waals surface area contributed by atoms with E-state index in [1.807, 2.05) is 0 Å². The second kappa shape index (κ2) is 4.64. The average molecular weight is 224 g/mol. The van der Waals surface area contributed by atoms with Gasteiger partial charge in [-0.1, -0.05) is 13.8 Å². The van der Waals surface area contributed by atoms with Crippen LogP contribution in [0.1, 0.15) is 25.8 Å². The predicted octanol–water partition coefficient (Wildman–Crippen LogP) is 2.23. The smallest absolute Gasteiger partial charge is 0.0216 e. The summed E-state index contributed by atoms with van der Waals surface area (Å²) < 4.78 is 0. The summed E-state index contributed by atoms with van der Waals surface area (Å²) in [6.07, 6.45) is 1.23. The molecular formula is C12H20N2S. The van der Waals surface area contributed by atoms with E-state index in [1.165, 1.54) is 12.0 Å². The molecule has 1 fully saturated rings. The van der Waals surface area contributed by atoms with Crippen LogP contribution in [-0.4, -0.2) is 19.1 Å². The minimum absolute atomic E-state index is 0.369. The van der Waals surface area contributed by atoms with Gasteiger partial charge >= 0.3 is 0 Å². The SMILES string of the molecule is CC1(C)CNCCC1NCc1ccsc1. The third-order valence-corrected chi connectivity index (χ3v) is 4.00. The predicted molar refractivity (Wildman–Crippen MR) is 66.2 cm³/mol. The van der Waals surface area contributed by atoms with E-state index in [0.717, 1.165) is 19.6 Å². The Hall–Kier alpha value is -0.380. The third-order valence-electron chi connectivity index (χ3n) is 3.27. The Kier molecular flexibility index (Phi) is 3.44. The van der Waals surface area contributed by atoms with Gasteiger partial charge < -0.3 is 10.6 Å². The zero-order chi connectivity index (χ0) is 10.7. The van der Waals surface area contributed by atoms with Gasteiger partial charge in [-0.2, -0.15) is 11.3 Å². The topological polar surface area (TPSA) is 24.1 Å². The molecule has 1 aromatic heterocycles. The van der Waals surface area contributed by atoms with E-state index < -0.39 is 0 Å². The molecule has 15 heavy (non-hydrogen) atoms. The zero-order valence-corrected chi connectivity index (χ0v) is 10.4. The van der Waals surface area contributed by atoms with Gasteiger partial charge in [0.15, 0.2) is 0 Å². The zero-order valence-electron chi connectivity index (χ0n) is 9.55. The van der Waals surface area contributed by atoms with Crippen LogP contribution in [0.3, 0.4) is 0 Å². The minimum Gasteiger partial charge on any atom is -0.316 e. The molecule has 0 radical (unpaired) electrons. The van der Waals surface area contributed by atoms with Crippen molar-refractivity contribution in [3.63, 3.8) is 0 Å². The third kappa shape index (κ3) is 2.80. The van der Waals surface area contributed by atoms with E-state index in [4.69, 9.17) is 0 Å². The number of hydrogen-bond acceptors (Lipinski definition) is 3. The van der Waals surface area contributed by atoms with E-state index in [9.17, 15) is 0 Å². The van der Waals surface area contributed by atoms with Crippen LogP contribution in [0, 0.1) is 5.41 Å². The van der Waals surface area contributed by atoms with Crippen molar-refractivity contribution in [3.8, 4) is 0 Å². The van der Waals surface area contributed by atoms with Crippen LogP contribution in [0.5, 0.6) is 0 Å². The summed E-state index contributed by atoms with van der Waals surface area (Å²) in [5.41, 5.74) is 1.78. The van der Waals surface area contributed by atoms with E-state index in [2.05, 4.69) is 41.3 Å². The maximum atomic E-state index is 3.68. The molecule has 84 valence electrons. The fourth-order valence-corrected chi connectivity index (χ4v) is 2.85. The number of piperidine rings is 1. The Balaban J connectivity index is 1.88. The van der Waals surface area contributed by atoms with Crippen molar-refractivity contribution >= 4 is 11.3 Å². The van der Waals surface area contributed by atoms with Gasteiger partial charge in [0.05, 0.1) is 0 Å². The van der Waals surface area contributed by atoms with Crippen LogP contribution in [0.15, 0.2) is 16.8 Å². The summed E-state index contributed by atoms with van der Waals surface area (Å²) in [4.78, 5) is 0. The van der Waals surface area contributed by atoms with Gasteiger partial charge in [-0.3, -0.25) is 0 Å². The molecule has 1 atom stereocenters. The molecule has 0 saturated carbocycles. The van der Waals surface area contributed by atoms with Gasteiger partial charge in [0.2, 0.25) is 0 Å². The molecule has 1 unspecified atom stereocenters. The van der Waals surface area contributed by atoms with Gasteiger partial charge in [-0.15, -0.1) is 0 Å². The molecule has 2 rings (SSSR count). The molecule has 1 aliphatic rings. The van der Waals surface area contributed by atoms with Gasteiger partial charge in [-0.05, 0) is 40.8 Å². The van der Waals surface area contributed by atoms with E-state index in [1.54, 1.807) is 11.3 Å². The van der Waals surface area contributed by atoms with Crippen LogP contribution in [-0.2, 0) is 6.54 Å². The normalized spacial score (nSPS) is 25.3. The molecule has 2 N–H and O–H groups in total. The summed E-state index contributed by atoms with van der Waals surface area (Å²) >= 11 is 1.77. The molecule has 2 nitrogen and oxygen atoms in total. The van der Waals surface area contributed by atoms with Crippen LogP contribution >= 0.6 is 11.3 Å². The summed E-state index contributed by atoms with van der Waals surface area (Å²) in [6, 6.07) is 2.84. The molecule has 0 aliphatic carbocycles. The summed E-state index contributed by atoms with van der Waals surface area (Å²) in [5, 5.41) is 11.5. The van der Waals surface area contributed by atoms with Crippen LogP contribution in [0.25, 0.3) is 0 Å². The standard InChI is InChI=1S/C12H20N2S/c1-12(2)9-13-5-3-11(12)14-7-10-4-6-15-8-10/h4,6,8,11,13-14H,3,5,7,9H2,1-2H3. The molecule has 0 aromatic carbocycles. The molecule has 3 heteroatoms. The van der Waals surface area contributed by atoms with Crippen molar-refractivity contribution in [2.24, 2.45) is 5.41 Å². The highest BCUT2D eigenvalue weighted by Crippen LogP contribution is 2.25. The van der Waals surface area contributed by atoms with Crippen molar-refractivity contribution in [2.45, 2.75) is 32.9 Å². The first kappa shape index (κ1) is 11.1. The minimum atomic E-state index is 0.369. The van der Waals surface area contributed by atoms with Crippen molar-refractivity contribution in [1.82, 2.24) is 10.6 Å². The summed E-state index contributed by atoms with van der Waals surface area (Å²) in [6.45, 7) is 7.95. The van der Waals surface area contributed by atoms with Crippen molar-refractivity contribution in [2.75, 3.05) is 13.1 Å². The van der Waals surface area contributed by atoms with Crippen LogP contribution < -0.4 is 10.6 Å². The Morgan fingerprint density at radius 1 is 1.60 bits per heavy atom. The van der Waals surface area contributed by atoms with Crippen molar-refractivity contribution in [1.29, 1.82) is 0 Å². The first-order chi connectivity index (χ1) is 7.18. The molecular weight excluding hydrogens is 204 g/mol. The monoisotopic (exact) mass is 224 g/mol. The van der Waals surface area contributed by atoms with Crippen molar-refractivity contribution in [3.05, 3.63) is 22.4 Å². The van der Waals surface area contributed by atoms with Gasteiger partial charge in [-0.25, -0.2) is 0 Å². The number of rotatable bonds is 3. The van der Waals surface area contributed by atoms with Crippen LogP contribution in [0.2, 0.25) is 0 Å². The highest BCUT2D eigenvalue weighted by atomic mass is 32.1. The molecule has 2 heterocycles. The Morgan fingerprint density at radius 3 is 3.13 bits per heavy atom. The highest BCUT2D eigenvalue weighted by molar-refractivity contribution is 7.07. The first-order valence-electron chi connectivity index (χ1n) is 5.64. The maximum Gasteiger partial charge on any atom is 0.0216 e. The molecule has 1 aliphatic heterocycles. The maximum absolute atomic E-state index is 3.68.